The number of para-hydroxylation sites is 2. The average Bonchev–Trinajstić information content (AvgIpc) is 3.24. The van der Waals surface area contributed by atoms with Gasteiger partial charge in [0.15, 0.2) is 11.5 Å². The number of pyridine rings is 1. The maximum absolute atomic E-state index is 9.56. The van der Waals surface area contributed by atoms with Crippen LogP contribution in [-0.4, -0.2) is 24.1 Å². The van der Waals surface area contributed by atoms with Crippen molar-refractivity contribution in [2.45, 2.75) is 33.4 Å². The third kappa shape index (κ3) is 2.47. The molecule has 3 heterocycles. The number of hydrogen-bond acceptors (Lipinski definition) is 5. The van der Waals surface area contributed by atoms with E-state index in [2.05, 4.69) is 40.4 Å². The number of nitrogens with zero attached hydrogens (tertiary/aromatic N) is 6. The first-order chi connectivity index (χ1) is 12.6. The second-order valence-electron chi connectivity index (χ2n) is 6.56. The summed E-state index contributed by atoms with van der Waals surface area (Å²) < 4.78 is 4.03. The maximum Gasteiger partial charge on any atom is 0.157 e. The lowest BCUT2D eigenvalue weighted by Gasteiger charge is -2.14. The van der Waals surface area contributed by atoms with Crippen LogP contribution in [0.15, 0.2) is 36.7 Å². The SMILES string of the molecule is Cc1cc(NCc2nncn2C(C)C)n2c(nc3ccccc32)c1C#N. The molecule has 0 saturated carbocycles. The van der Waals surface area contributed by atoms with E-state index in [1.165, 1.54) is 0 Å². The van der Waals surface area contributed by atoms with E-state index in [9.17, 15) is 5.26 Å². The molecule has 0 radical (unpaired) electrons. The van der Waals surface area contributed by atoms with E-state index in [-0.39, 0.29) is 0 Å². The second kappa shape index (κ2) is 6.15. The molecule has 0 atom stereocenters. The number of nitrogens with one attached hydrogen (secondary N) is 1. The highest BCUT2D eigenvalue weighted by Gasteiger charge is 2.15. The summed E-state index contributed by atoms with van der Waals surface area (Å²) in [5, 5.41) is 21.2. The van der Waals surface area contributed by atoms with E-state index in [0.717, 1.165) is 28.2 Å². The number of aromatic nitrogens is 5. The van der Waals surface area contributed by atoms with Gasteiger partial charge in [-0.25, -0.2) is 4.98 Å². The topological polar surface area (TPSA) is 83.8 Å². The molecule has 3 aromatic heterocycles. The summed E-state index contributed by atoms with van der Waals surface area (Å²) in [4.78, 5) is 4.67. The first-order valence-electron chi connectivity index (χ1n) is 8.53. The van der Waals surface area contributed by atoms with E-state index in [0.29, 0.717) is 23.8 Å². The van der Waals surface area contributed by atoms with Gasteiger partial charge in [-0.1, -0.05) is 12.1 Å². The Morgan fingerprint density at radius 2 is 2.08 bits per heavy atom. The molecule has 0 aliphatic carbocycles. The smallest absolute Gasteiger partial charge is 0.157 e. The maximum atomic E-state index is 9.56. The average molecular weight is 345 g/mol. The van der Waals surface area contributed by atoms with Crippen LogP contribution < -0.4 is 5.32 Å². The van der Waals surface area contributed by atoms with Crippen molar-refractivity contribution in [2.24, 2.45) is 0 Å². The summed E-state index contributed by atoms with van der Waals surface area (Å²) in [6.07, 6.45) is 1.74. The minimum absolute atomic E-state index is 0.290. The zero-order chi connectivity index (χ0) is 18.3. The predicted octanol–water partition coefficient (Wildman–Crippen LogP) is 3.45. The van der Waals surface area contributed by atoms with Crippen molar-refractivity contribution in [1.82, 2.24) is 24.1 Å². The van der Waals surface area contributed by atoms with E-state index in [4.69, 9.17) is 0 Å². The molecule has 130 valence electrons. The summed E-state index contributed by atoms with van der Waals surface area (Å²) in [7, 11) is 0. The standard InChI is InChI=1S/C19H19N7/c1-12(2)25-11-22-24-18(25)10-21-17-8-13(3)14(9-20)19-23-15-6-4-5-7-16(15)26(17)19/h4-8,11-12,21H,10H2,1-3H3. The molecule has 0 aliphatic heterocycles. The van der Waals surface area contributed by atoms with E-state index in [1.807, 2.05) is 46.2 Å². The van der Waals surface area contributed by atoms with Gasteiger partial charge in [0, 0.05) is 6.04 Å². The summed E-state index contributed by atoms with van der Waals surface area (Å²) in [6, 6.07) is 12.4. The van der Waals surface area contributed by atoms with Crippen LogP contribution in [0, 0.1) is 18.3 Å². The molecule has 7 nitrogen and oxygen atoms in total. The Bertz CT molecular complexity index is 1140. The number of anilines is 1. The summed E-state index contributed by atoms with van der Waals surface area (Å²) in [5.74, 6) is 1.74. The highest BCUT2D eigenvalue weighted by Crippen LogP contribution is 2.26. The van der Waals surface area contributed by atoms with Crippen molar-refractivity contribution in [1.29, 1.82) is 5.26 Å². The monoisotopic (exact) mass is 345 g/mol. The van der Waals surface area contributed by atoms with Crippen molar-refractivity contribution in [3.8, 4) is 6.07 Å². The zero-order valence-corrected chi connectivity index (χ0v) is 14.9. The number of hydrogen-bond donors (Lipinski definition) is 1. The van der Waals surface area contributed by atoms with Crippen LogP contribution in [0.1, 0.15) is 36.8 Å². The second-order valence-corrected chi connectivity index (χ2v) is 6.56. The van der Waals surface area contributed by atoms with Gasteiger partial charge >= 0.3 is 0 Å². The van der Waals surface area contributed by atoms with Gasteiger partial charge in [0.25, 0.3) is 0 Å². The Balaban J connectivity index is 1.84. The molecule has 0 unspecified atom stereocenters. The largest absolute Gasteiger partial charge is 0.364 e. The van der Waals surface area contributed by atoms with Crippen molar-refractivity contribution in [3.63, 3.8) is 0 Å². The highest BCUT2D eigenvalue weighted by molar-refractivity contribution is 5.85. The van der Waals surface area contributed by atoms with Crippen LogP contribution in [0.2, 0.25) is 0 Å². The Morgan fingerprint density at radius 1 is 1.27 bits per heavy atom. The van der Waals surface area contributed by atoms with Crippen LogP contribution in [0.25, 0.3) is 16.7 Å². The Kier molecular flexibility index (Phi) is 3.81. The first-order valence-corrected chi connectivity index (χ1v) is 8.53. The molecule has 0 fully saturated rings. The lowest BCUT2D eigenvalue weighted by molar-refractivity contribution is 0.572. The molecule has 0 amide bonds. The quantitative estimate of drug-likeness (QED) is 0.612. The van der Waals surface area contributed by atoms with Gasteiger partial charge in [-0.2, -0.15) is 5.26 Å². The highest BCUT2D eigenvalue weighted by atomic mass is 15.3. The van der Waals surface area contributed by atoms with Crippen molar-refractivity contribution in [2.75, 3.05) is 5.32 Å². The first kappa shape index (κ1) is 16.1. The molecular weight excluding hydrogens is 326 g/mol. The van der Waals surface area contributed by atoms with Gasteiger partial charge in [0.1, 0.15) is 18.2 Å². The number of imidazole rings is 1. The number of aryl methyl sites for hydroxylation is 1. The molecular formula is C19H19N7. The lowest BCUT2D eigenvalue weighted by Crippen LogP contribution is -2.12. The van der Waals surface area contributed by atoms with E-state index >= 15 is 0 Å². The predicted molar refractivity (Wildman–Crippen MR) is 99.9 cm³/mol. The minimum atomic E-state index is 0.290. The molecule has 0 aliphatic rings. The minimum Gasteiger partial charge on any atom is -0.364 e. The van der Waals surface area contributed by atoms with Crippen LogP contribution in [0.4, 0.5) is 5.82 Å². The Morgan fingerprint density at radius 3 is 2.85 bits per heavy atom. The van der Waals surface area contributed by atoms with Crippen LogP contribution in [0.3, 0.4) is 0 Å². The molecule has 4 aromatic rings. The molecule has 26 heavy (non-hydrogen) atoms. The number of fused-ring (bicyclic) bond motifs is 3. The molecule has 1 N–H and O–H groups in total. The van der Waals surface area contributed by atoms with Gasteiger partial charge in [0.05, 0.1) is 23.1 Å². The zero-order valence-electron chi connectivity index (χ0n) is 14.9. The molecule has 0 spiro atoms. The number of rotatable bonds is 4. The number of benzene rings is 1. The third-order valence-electron chi connectivity index (χ3n) is 4.52. The fourth-order valence-electron chi connectivity index (χ4n) is 3.22. The van der Waals surface area contributed by atoms with Crippen LogP contribution >= 0.6 is 0 Å². The van der Waals surface area contributed by atoms with Gasteiger partial charge in [-0.3, -0.25) is 4.40 Å². The third-order valence-corrected chi connectivity index (χ3v) is 4.52. The van der Waals surface area contributed by atoms with Crippen molar-refractivity contribution in [3.05, 3.63) is 53.6 Å². The van der Waals surface area contributed by atoms with Gasteiger partial charge in [-0.15, -0.1) is 10.2 Å². The molecule has 7 heteroatoms. The van der Waals surface area contributed by atoms with Gasteiger partial charge in [-0.05, 0) is 44.5 Å². The fourth-order valence-corrected chi connectivity index (χ4v) is 3.22. The van der Waals surface area contributed by atoms with Gasteiger partial charge in [0.2, 0.25) is 0 Å². The summed E-state index contributed by atoms with van der Waals surface area (Å²) in [5.41, 5.74) is 3.98. The summed E-state index contributed by atoms with van der Waals surface area (Å²) in [6.45, 7) is 6.66. The van der Waals surface area contributed by atoms with Crippen molar-refractivity contribution >= 4 is 22.5 Å². The van der Waals surface area contributed by atoms with Crippen LogP contribution in [0.5, 0.6) is 0 Å². The lowest BCUT2D eigenvalue weighted by atomic mass is 10.1. The van der Waals surface area contributed by atoms with E-state index in [1.54, 1.807) is 6.33 Å². The van der Waals surface area contributed by atoms with Gasteiger partial charge < -0.3 is 9.88 Å². The molecule has 0 saturated heterocycles. The Labute approximate surface area is 150 Å². The normalized spacial score (nSPS) is 11.3. The number of nitriles is 1. The Hall–Kier alpha value is -3.40. The van der Waals surface area contributed by atoms with Crippen LogP contribution in [-0.2, 0) is 6.54 Å². The molecule has 0 bridgehead atoms. The molecule has 4 rings (SSSR count). The van der Waals surface area contributed by atoms with E-state index < -0.39 is 0 Å². The molecule has 1 aromatic carbocycles. The summed E-state index contributed by atoms with van der Waals surface area (Å²) >= 11 is 0. The fraction of sp³-hybridized carbons (Fsp3) is 0.263. The van der Waals surface area contributed by atoms with Crippen molar-refractivity contribution < 1.29 is 0 Å².